The number of aromatic nitrogens is 1. The van der Waals surface area contributed by atoms with Crippen molar-refractivity contribution in [2.75, 3.05) is 0 Å². The minimum Gasteiger partial charge on any atom is -0.403 e. The SMILES string of the molecule is [B]n1ccc2c1C=CCC=C2. The van der Waals surface area contributed by atoms with Crippen LogP contribution >= 0.6 is 0 Å². The molecule has 0 amide bonds. The van der Waals surface area contributed by atoms with E-state index in [2.05, 4.69) is 24.3 Å². The molecule has 2 rings (SSSR count). The second kappa shape index (κ2) is 2.46. The molecule has 1 aliphatic rings. The van der Waals surface area contributed by atoms with Crippen molar-refractivity contribution < 1.29 is 0 Å². The number of allylic oxidation sites excluding steroid dienone is 2. The second-order valence-electron chi connectivity index (χ2n) is 2.60. The van der Waals surface area contributed by atoms with Gasteiger partial charge in [-0.1, -0.05) is 18.2 Å². The summed E-state index contributed by atoms with van der Waals surface area (Å²) in [6.07, 6.45) is 11.2. The largest absolute Gasteiger partial charge is 0.403 e. The molecule has 0 aliphatic heterocycles. The predicted octanol–water partition coefficient (Wildman–Crippen LogP) is 1.85. The van der Waals surface area contributed by atoms with Crippen molar-refractivity contribution in [3.8, 4) is 0 Å². The lowest BCUT2D eigenvalue weighted by Crippen LogP contribution is -1.91. The Labute approximate surface area is 67.5 Å². The minimum absolute atomic E-state index is 0.995. The van der Waals surface area contributed by atoms with Crippen LogP contribution in [0.25, 0.3) is 12.2 Å². The Bertz CT molecular complexity index is 320. The van der Waals surface area contributed by atoms with E-state index in [4.69, 9.17) is 7.98 Å². The van der Waals surface area contributed by atoms with Crippen LogP contribution in [0.4, 0.5) is 0 Å². The molecule has 0 saturated heterocycles. The first kappa shape index (κ1) is 6.53. The molecule has 11 heavy (non-hydrogen) atoms. The third-order valence-corrected chi connectivity index (χ3v) is 1.83. The third kappa shape index (κ3) is 1.05. The topological polar surface area (TPSA) is 4.93 Å². The highest BCUT2D eigenvalue weighted by Gasteiger charge is 2.00. The van der Waals surface area contributed by atoms with E-state index in [1.807, 2.05) is 12.3 Å². The lowest BCUT2D eigenvalue weighted by atomic mass is 10.2. The van der Waals surface area contributed by atoms with E-state index < -0.39 is 0 Å². The fourth-order valence-corrected chi connectivity index (χ4v) is 1.25. The molecule has 2 heteroatoms. The van der Waals surface area contributed by atoms with Crippen molar-refractivity contribution in [2.24, 2.45) is 0 Å². The van der Waals surface area contributed by atoms with E-state index >= 15 is 0 Å². The normalized spacial score (nSPS) is 14.5. The first-order chi connectivity index (χ1) is 5.38. The number of fused-ring (bicyclic) bond motifs is 1. The van der Waals surface area contributed by atoms with Crippen molar-refractivity contribution in [1.29, 1.82) is 0 Å². The van der Waals surface area contributed by atoms with Crippen molar-refractivity contribution in [3.05, 3.63) is 35.7 Å². The van der Waals surface area contributed by atoms with Crippen LogP contribution in [0, 0.1) is 0 Å². The van der Waals surface area contributed by atoms with Gasteiger partial charge in [-0.3, -0.25) is 0 Å². The Kier molecular flexibility index (Phi) is 1.46. The lowest BCUT2D eigenvalue weighted by molar-refractivity contribution is 1.23. The molecule has 1 nitrogen and oxygen atoms in total. The Hall–Kier alpha value is -1.18. The molecule has 0 aromatic carbocycles. The average Bonchev–Trinajstić information content (AvgIpc) is 2.25. The molecule has 0 N–H and O–H groups in total. The van der Waals surface area contributed by atoms with Crippen LogP contribution in [-0.2, 0) is 0 Å². The zero-order chi connectivity index (χ0) is 7.68. The highest BCUT2D eigenvalue weighted by atomic mass is 14.8. The van der Waals surface area contributed by atoms with Gasteiger partial charge in [-0.25, -0.2) is 0 Å². The maximum absolute atomic E-state index is 5.66. The molecule has 0 spiro atoms. The average molecular weight is 141 g/mol. The molecule has 1 heterocycles. The Morgan fingerprint density at radius 3 is 3.00 bits per heavy atom. The number of nitrogens with zero attached hydrogens (tertiary/aromatic N) is 1. The van der Waals surface area contributed by atoms with E-state index in [0.29, 0.717) is 0 Å². The summed E-state index contributed by atoms with van der Waals surface area (Å²) >= 11 is 0. The molecule has 52 valence electrons. The number of hydrogen-bond acceptors (Lipinski definition) is 0. The van der Waals surface area contributed by atoms with E-state index in [1.165, 1.54) is 5.56 Å². The monoisotopic (exact) mass is 141 g/mol. The van der Waals surface area contributed by atoms with Gasteiger partial charge in [0.1, 0.15) is 0 Å². The van der Waals surface area contributed by atoms with Gasteiger partial charge in [-0.15, -0.1) is 0 Å². The molecule has 0 saturated carbocycles. The van der Waals surface area contributed by atoms with Gasteiger partial charge in [0.15, 0.2) is 0 Å². The molecule has 0 bridgehead atoms. The van der Waals surface area contributed by atoms with E-state index in [-0.39, 0.29) is 0 Å². The molecular formula is C9H8BN. The smallest absolute Gasteiger partial charge is 0.234 e. The summed E-state index contributed by atoms with van der Waals surface area (Å²) in [5.74, 6) is 0. The van der Waals surface area contributed by atoms with Crippen LogP contribution in [-0.4, -0.2) is 12.5 Å². The Balaban J connectivity index is 2.60. The third-order valence-electron chi connectivity index (χ3n) is 1.83. The highest BCUT2D eigenvalue weighted by molar-refractivity contribution is 6.08. The first-order valence-electron chi connectivity index (χ1n) is 3.67. The molecule has 1 aliphatic carbocycles. The minimum atomic E-state index is 0.995. The fraction of sp³-hybridized carbons (Fsp3) is 0.111. The fourth-order valence-electron chi connectivity index (χ4n) is 1.25. The van der Waals surface area contributed by atoms with Crippen molar-refractivity contribution in [2.45, 2.75) is 6.42 Å². The standard InChI is InChI=1S/C9H8BN/c10-11-7-6-8-4-2-1-3-5-9(8)11/h2-7H,1H2. The van der Waals surface area contributed by atoms with Crippen molar-refractivity contribution in [1.82, 2.24) is 4.48 Å². The predicted molar refractivity (Wildman–Crippen MR) is 48.3 cm³/mol. The van der Waals surface area contributed by atoms with Crippen LogP contribution in [0.15, 0.2) is 24.4 Å². The van der Waals surface area contributed by atoms with Crippen LogP contribution in [0.2, 0.25) is 0 Å². The zero-order valence-electron chi connectivity index (χ0n) is 6.20. The maximum Gasteiger partial charge on any atom is 0.234 e. The molecule has 0 fully saturated rings. The number of hydrogen-bond donors (Lipinski definition) is 0. The molecule has 1 aromatic rings. The summed E-state index contributed by atoms with van der Waals surface area (Å²) in [5, 5.41) is 0. The van der Waals surface area contributed by atoms with Gasteiger partial charge in [0.2, 0.25) is 7.98 Å². The van der Waals surface area contributed by atoms with Crippen LogP contribution in [0.1, 0.15) is 17.7 Å². The van der Waals surface area contributed by atoms with E-state index in [0.717, 1.165) is 12.1 Å². The van der Waals surface area contributed by atoms with Gasteiger partial charge >= 0.3 is 0 Å². The molecule has 2 radical (unpaired) electrons. The van der Waals surface area contributed by atoms with Crippen LogP contribution < -0.4 is 0 Å². The zero-order valence-corrected chi connectivity index (χ0v) is 6.20. The quantitative estimate of drug-likeness (QED) is 0.486. The molecule has 0 atom stereocenters. The van der Waals surface area contributed by atoms with E-state index in [1.54, 1.807) is 4.48 Å². The first-order valence-corrected chi connectivity index (χ1v) is 3.67. The number of rotatable bonds is 0. The molecule has 0 unspecified atom stereocenters. The molecular weight excluding hydrogens is 133 g/mol. The van der Waals surface area contributed by atoms with Crippen LogP contribution in [0.5, 0.6) is 0 Å². The summed E-state index contributed by atoms with van der Waals surface area (Å²) in [6.45, 7) is 0. The van der Waals surface area contributed by atoms with Crippen molar-refractivity contribution in [3.63, 3.8) is 0 Å². The van der Waals surface area contributed by atoms with E-state index in [9.17, 15) is 0 Å². The molecule has 1 aromatic heterocycles. The second-order valence-corrected chi connectivity index (χ2v) is 2.60. The summed E-state index contributed by atoms with van der Waals surface area (Å²) < 4.78 is 1.64. The van der Waals surface area contributed by atoms with Gasteiger partial charge in [0.05, 0.1) is 0 Å². The summed E-state index contributed by atoms with van der Waals surface area (Å²) in [6, 6.07) is 2.02. The summed E-state index contributed by atoms with van der Waals surface area (Å²) in [5.41, 5.74) is 2.28. The Morgan fingerprint density at radius 2 is 2.09 bits per heavy atom. The Morgan fingerprint density at radius 1 is 1.27 bits per heavy atom. The van der Waals surface area contributed by atoms with Crippen LogP contribution in [0.3, 0.4) is 0 Å². The van der Waals surface area contributed by atoms with Gasteiger partial charge in [0.25, 0.3) is 0 Å². The van der Waals surface area contributed by atoms with Crippen molar-refractivity contribution >= 4 is 20.1 Å². The maximum atomic E-state index is 5.66. The summed E-state index contributed by atoms with van der Waals surface area (Å²) in [7, 11) is 5.66. The lowest BCUT2D eigenvalue weighted by Gasteiger charge is -1.96. The highest BCUT2D eigenvalue weighted by Crippen LogP contribution is 2.16. The van der Waals surface area contributed by atoms with Gasteiger partial charge in [-0.05, 0) is 30.3 Å². The van der Waals surface area contributed by atoms with Gasteiger partial charge < -0.3 is 4.48 Å². The van der Waals surface area contributed by atoms with Gasteiger partial charge in [0, 0.05) is 5.69 Å². The summed E-state index contributed by atoms with van der Waals surface area (Å²) in [4.78, 5) is 0. The van der Waals surface area contributed by atoms with Gasteiger partial charge in [-0.2, -0.15) is 0 Å².